The van der Waals surface area contributed by atoms with Crippen molar-refractivity contribution in [2.45, 2.75) is 30.7 Å². The summed E-state index contributed by atoms with van der Waals surface area (Å²) in [7, 11) is -3.67. The summed E-state index contributed by atoms with van der Waals surface area (Å²) in [6.07, 6.45) is 3.28. The predicted octanol–water partition coefficient (Wildman–Crippen LogP) is 3.27. The molecule has 2 heterocycles. The minimum Gasteiger partial charge on any atom is -0.467 e. The molecule has 0 saturated carbocycles. The summed E-state index contributed by atoms with van der Waals surface area (Å²) in [4.78, 5) is 14.5. The number of nitrogens with zero attached hydrogens (tertiary/aromatic N) is 3. The van der Waals surface area contributed by atoms with E-state index in [0.29, 0.717) is 18.8 Å². The summed E-state index contributed by atoms with van der Waals surface area (Å²) < 4.78 is 32.3. The zero-order chi connectivity index (χ0) is 20.1. The molecule has 148 valence electrons. The molecule has 0 atom stereocenters. The highest BCUT2D eigenvalue weighted by atomic mass is 35.5. The highest BCUT2D eigenvalue weighted by Gasteiger charge is 2.29. The van der Waals surface area contributed by atoms with Crippen LogP contribution in [0.3, 0.4) is 0 Å². The average Bonchev–Trinajstić information content (AvgIpc) is 3.39. The number of nitriles is 1. The molecule has 2 aromatic rings. The SMILES string of the molecule is N#CCCN(Cc1ccco1)C(=O)c1cc(S(=O)(=O)N2CCCC2)ccc1Cl. The Kier molecular flexibility index (Phi) is 6.39. The van der Waals surface area contributed by atoms with Crippen molar-refractivity contribution in [3.8, 4) is 6.07 Å². The van der Waals surface area contributed by atoms with E-state index >= 15 is 0 Å². The number of sulfonamides is 1. The fourth-order valence-electron chi connectivity index (χ4n) is 3.10. The number of furan rings is 1. The zero-order valence-electron chi connectivity index (χ0n) is 15.2. The van der Waals surface area contributed by atoms with Gasteiger partial charge in [-0.05, 0) is 43.2 Å². The summed E-state index contributed by atoms with van der Waals surface area (Å²) in [6.45, 7) is 1.28. The van der Waals surface area contributed by atoms with E-state index in [-0.39, 0.29) is 35.0 Å². The number of hydrogen-bond donors (Lipinski definition) is 0. The largest absolute Gasteiger partial charge is 0.467 e. The van der Waals surface area contributed by atoms with Gasteiger partial charge in [0.15, 0.2) is 0 Å². The molecule has 1 amide bonds. The summed E-state index contributed by atoms with van der Waals surface area (Å²) in [6, 6.07) is 9.60. The Hall–Kier alpha value is -2.34. The molecule has 9 heteroatoms. The second kappa shape index (κ2) is 8.78. The monoisotopic (exact) mass is 421 g/mol. The lowest BCUT2D eigenvalue weighted by atomic mass is 10.2. The van der Waals surface area contributed by atoms with Crippen LogP contribution in [0.15, 0.2) is 45.9 Å². The molecule has 0 unspecified atom stereocenters. The molecule has 0 bridgehead atoms. The van der Waals surface area contributed by atoms with Crippen LogP contribution in [0.1, 0.15) is 35.4 Å². The molecule has 1 aliphatic rings. The fourth-order valence-corrected chi connectivity index (χ4v) is 4.85. The van der Waals surface area contributed by atoms with E-state index in [1.165, 1.54) is 33.7 Å². The molecule has 7 nitrogen and oxygen atoms in total. The number of rotatable bonds is 7. The van der Waals surface area contributed by atoms with Crippen molar-refractivity contribution < 1.29 is 17.6 Å². The van der Waals surface area contributed by atoms with Gasteiger partial charge >= 0.3 is 0 Å². The molecule has 0 aliphatic carbocycles. The van der Waals surface area contributed by atoms with Gasteiger partial charge in [-0.2, -0.15) is 9.57 Å². The molecular formula is C19H20ClN3O4S. The van der Waals surface area contributed by atoms with E-state index in [9.17, 15) is 13.2 Å². The normalized spacial score (nSPS) is 14.7. The minimum absolute atomic E-state index is 0.0420. The highest BCUT2D eigenvalue weighted by molar-refractivity contribution is 7.89. The quantitative estimate of drug-likeness (QED) is 0.683. The van der Waals surface area contributed by atoms with Crippen LogP contribution in [0.5, 0.6) is 0 Å². The Morgan fingerprint density at radius 1 is 1.29 bits per heavy atom. The molecule has 0 spiro atoms. The average molecular weight is 422 g/mol. The molecule has 0 N–H and O–H groups in total. The molecule has 1 aliphatic heterocycles. The van der Waals surface area contributed by atoms with Gasteiger partial charge < -0.3 is 9.32 Å². The van der Waals surface area contributed by atoms with Gasteiger partial charge in [0, 0.05) is 19.6 Å². The lowest BCUT2D eigenvalue weighted by Gasteiger charge is -2.22. The lowest BCUT2D eigenvalue weighted by Crippen LogP contribution is -2.32. The third-order valence-electron chi connectivity index (χ3n) is 4.58. The number of carbonyl (C=O) groups excluding carboxylic acids is 1. The summed E-state index contributed by atoms with van der Waals surface area (Å²) >= 11 is 6.22. The van der Waals surface area contributed by atoms with E-state index < -0.39 is 15.9 Å². The summed E-state index contributed by atoms with van der Waals surface area (Å²) in [5.41, 5.74) is 0.0893. The van der Waals surface area contributed by atoms with Crippen LogP contribution in [-0.4, -0.2) is 43.2 Å². The molecule has 1 fully saturated rings. The van der Waals surface area contributed by atoms with Gasteiger partial charge in [0.1, 0.15) is 5.76 Å². The number of benzene rings is 1. The predicted molar refractivity (Wildman–Crippen MR) is 103 cm³/mol. The Labute approximate surface area is 169 Å². The topological polar surface area (TPSA) is 94.6 Å². The van der Waals surface area contributed by atoms with Crippen LogP contribution >= 0.6 is 11.6 Å². The third kappa shape index (κ3) is 4.38. The van der Waals surface area contributed by atoms with Gasteiger partial charge in [-0.1, -0.05) is 11.6 Å². The zero-order valence-corrected chi connectivity index (χ0v) is 16.7. The van der Waals surface area contributed by atoms with Crippen LogP contribution in [-0.2, 0) is 16.6 Å². The van der Waals surface area contributed by atoms with E-state index in [0.717, 1.165) is 12.8 Å². The molecular weight excluding hydrogens is 402 g/mol. The summed E-state index contributed by atoms with van der Waals surface area (Å²) in [5, 5.41) is 9.06. The van der Waals surface area contributed by atoms with Gasteiger partial charge in [0.2, 0.25) is 10.0 Å². The van der Waals surface area contributed by atoms with Gasteiger partial charge in [-0.15, -0.1) is 0 Å². The second-order valence-corrected chi connectivity index (χ2v) is 8.81. The smallest absolute Gasteiger partial charge is 0.255 e. The number of halogens is 1. The Balaban J connectivity index is 1.91. The van der Waals surface area contributed by atoms with Gasteiger partial charge in [0.05, 0.1) is 40.8 Å². The van der Waals surface area contributed by atoms with Crippen molar-refractivity contribution in [3.05, 3.63) is 52.9 Å². The number of amides is 1. The van der Waals surface area contributed by atoms with E-state index in [2.05, 4.69) is 0 Å². The first-order chi connectivity index (χ1) is 13.4. The minimum atomic E-state index is -3.67. The van der Waals surface area contributed by atoms with Crippen molar-refractivity contribution in [3.63, 3.8) is 0 Å². The third-order valence-corrected chi connectivity index (χ3v) is 6.80. The van der Waals surface area contributed by atoms with E-state index in [4.69, 9.17) is 21.3 Å². The van der Waals surface area contributed by atoms with Crippen molar-refractivity contribution in [1.82, 2.24) is 9.21 Å². The van der Waals surface area contributed by atoms with Crippen LogP contribution in [0.2, 0.25) is 5.02 Å². The van der Waals surface area contributed by atoms with Crippen LogP contribution in [0, 0.1) is 11.3 Å². The Morgan fingerprint density at radius 3 is 2.68 bits per heavy atom. The molecule has 0 radical (unpaired) electrons. The Morgan fingerprint density at radius 2 is 2.04 bits per heavy atom. The van der Waals surface area contributed by atoms with E-state index in [1.807, 2.05) is 6.07 Å². The molecule has 1 aromatic heterocycles. The van der Waals surface area contributed by atoms with Crippen molar-refractivity contribution in [2.24, 2.45) is 0 Å². The van der Waals surface area contributed by atoms with E-state index in [1.54, 1.807) is 12.1 Å². The van der Waals surface area contributed by atoms with Crippen LogP contribution in [0.4, 0.5) is 0 Å². The van der Waals surface area contributed by atoms with Crippen molar-refractivity contribution in [2.75, 3.05) is 19.6 Å². The summed E-state index contributed by atoms with van der Waals surface area (Å²) in [5.74, 6) is 0.110. The maximum atomic E-state index is 13.1. The van der Waals surface area contributed by atoms with Crippen molar-refractivity contribution >= 4 is 27.5 Å². The van der Waals surface area contributed by atoms with Gasteiger partial charge in [-0.25, -0.2) is 8.42 Å². The van der Waals surface area contributed by atoms with Crippen LogP contribution < -0.4 is 0 Å². The van der Waals surface area contributed by atoms with Gasteiger partial charge in [-0.3, -0.25) is 4.79 Å². The Bertz CT molecular complexity index is 977. The first-order valence-corrected chi connectivity index (χ1v) is 10.7. The molecule has 3 rings (SSSR count). The maximum absolute atomic E-state index is 13.1. The first kappa shape index (κ1) is 20.4. The first-order valence-electron chi connectivity index (χ1n) is 8.92. The number of carbonyl (C=O) groups is 1. The van der Waals surface area contributed by atoms with Crippen molar-refractivity contribution in [1.29, 1.82) is 5.26 Å². The second-order valence-electron chi connectivity index (χ2n) is 6.47. The standard InChI is InChI=1S/C19H20ClN3O4S/c20-18-7-6-16(28(25,26)23-10-1-2-11-23)13-17(18)19(24)22(9-4-8-21)14-15-5-3-12-27-15/h3,5-7,12-13H,1-2,4,9-11,14H2. The maximum Gasteiger partial charge on any atom is 0.255 e. The van der Waals surface area contributed by atoms with Gasteiger partial charge in [0.25, 0.3) is 5.91 Å². The lowest BCUT2D eigenvalue weighted by molar-refractivity contribution is 0.0735. The molecule has 1 aromatic carbocycles. The molecule has 28 heavy (non-hydrogen) atoms. The molecule has 1 saturated heterocycles. The number of hydrogen-bond acceptors (Lipinski definition) is 5. The van der Waals surface area contributed by atoms with Crippen LogP contribution in [0.25, 0.3) is 0 Å². The highest BCUT2D eigenvalue weighted by Crippen LogP contribution is 2.26. The fraction of sp³-hybridized carbons (Fsp3) is 0.368.